The molecule has 2 aromatic carbocycles. The predicted molar refractivity (Wildman–Crippen MR) is 116 cm³/mol. The zero-order valence-corrected chi connectivity index (χ0v) is 17.4. The number of benzene rings is 2. The summed E-state index contributed by atoms with van der Waals surface area (Å²) in [4.78, 5) is 16.7. The van der Waals surface area contributed by atoms with Crippen LogP contribution in [-0.4, -0.2) is 16.1 Å². The average molecular weight is 408 g/mol. The number of hydrogen-bond donors (Lipinski definition) is 1. The molecule has 1 fully saturated rings. The van der Waals surface area contributed by atoms with Crippen molar-refractivity contribution in [3.63, 3.8) is 0 Å². The number of ether oxygens (including phenoxy) is 1. The number of nitrogens with zero attached hydrogens (tertiary/aromatic N) is 1. The monoisotopic (exact) mass is 407 g/mol. The summed E-state index contributed by atoms with van der Waals surface area (Å²) in [5.41, 5.74) is 3.47. The highest BCUT2D eigenvalue weighted by Gasteiger charge is 2.16. The second kappa shape index (κ2) is 8.78. The Kier molecular flexibility index (Phi) is 5.95. The molecule has 150 valence electrons. The van der Waals surface area contributed by atoms with Gasteiger partial charge in [0.05, 0.1) is 21.1 Å². The van der Waals surface area contributed by atoms with Crippen molar-refractivity contribution in [1.29, 1.82) is 0 Å². The molecule has 0 aliphatic heterocycles. The molecule has 0 spiro atoms. The van der Waals surface area contributed by atoms with Crippen molar-refractivity contribution in [3.05, 3.63) is 69.5 Å². The summed E-state index contributed by atoms with van der Waals surface area (Å²) in [6.07, 6.45) is 6.63. The van der Waals surface area contributed by atoms with E-state index in [1.807, 2.05) is 6.92 Å². The number of carboxylic acid groups (broad SMARTS) is 1. The quantitative estimate of drug-likeness (QED) is 0.510. The Balaban J connectivity index is 1.45. The lowest BCUT2D eigenvalue weighted by molar-refractivity contribution is 0.0697. The van der Waals surface area contributed by atoms with Crippen LogP contribution in [0.15, 0.2) is 48.5 Å². The van der Waals surface area contributed by atoms with Crippen LogP contribution >= 0.6 is 11.3 Å². The van der Waals surface area contributed by atoms with E-state index in [4.69, 9.17) is 9.84 Å². The van der Waals surface area contributed by atoms with Gasteiger partial charge in [0.15, 0.2) is 0 Å². The van der Waals surface area contributed by atoms with Crippen molar-refractivity contribution in [3.8, 4) is 17.0 Å². The van der Waals surface area contributed by atoms with E-state index in [1.54, 1.807) is 35.6 Å². The summed E-state index contributed by atoms with van der Waals surface area (Å²) in [5, 5.41) is 10.1. The fourth-order valence-electron chi connectivity index (χ4n) is 3.98. The molecule has 0 amide bonds. The molecule has 1 aromatic heterocycles. The highest BCUT2D eigenvalue weighted by atomic mass is 32.1. The van der Waals surface area contributed by atoms with Crippen LogP contribution in [0.1, 0.15) is 63.8 Å². The minimum atomic E-state index is -0.925. The molecule has 0 saturated heterocycles. The van der Waals surface area contributed by atoms with Gasteiger partial charge < -0.3 is 9.84 Å². The lowest BCUT2D eigenvalue weighted by Gasteiger charge is -2.22. The van der Waals surface area contributed by atoms with Gasteiger partial charge in [-0.15, -0.1) is 11.3 Å². The second-order valence-electron chi connectivity index (χ2n) is 7.58. The van der Waals surface area contributed by atoms with Crippen LogP contribution in [-0.2, 0) is 6.61 Å². The third-order valence-electron chi connectivity index (χ3n) is 5.54. The van der Waals surface area contributed by atoms with Crippen LogP contribution in [0.4, 0.5) is 0 Å². The Bertz CT molecular complexity index is 970. The normalized spacial score (nSPS) is 14.7. The van der Waals surface area contributed by atoms with Crippen LogP contribution in [0.3, 0.4) is 0 Å². The lowest BCUT2D eigenvalue weighted by atomic mass is 9.84. The first-order chi connectivity index (χ1) is 14.1. The third kappa shape index (κ3) is 4.67. The van der Waals surface area contributed by atoms with E-state index in [9.17, 15) is 4.79 Å². The van der Waals surface area contributed by atoms with E-state index in [-0.39, 0.29) is 5.56 Å². The molecular formula is C24H25NO3S. The predicted octanol–water partition coefficient (Wildman–Crippen LogP) is 6.44. The van der Waals surface area contributed by atoms with Crippen molar-refractivity contribution >= 4 is 17.3 Å². The molecule has 5 heteroatoms. The second-order valence-corrected chi connectivity index (χ2v) is 8.87. The summed E-state index contributed by atoms with van der Waals surface area (Å²) in [5.74, 6) is 0.636. The standard InChI is InChI=1S/C24H25NO3S/c1-16-25-23(19-7-9-20(10-8-19)24(26)27)22(29-16)15-28-21-13-11-18(12-14-21)17-5-3-2-4-6-17/h7-14,17H,2-6,15H2,1H3,(H,26,27). The summed E-state index contributed by atoms with van der Waals surface area (Å²) in [7, 11) is 0. The van der Waals surface area contributed by atoms with E-state index in [2.05, 4.69) is 29.2 Å². The molecule has 0 unspecified atom stereocenters. The number of thiazole rings is 1. The van der Waals surface area contributed by atoms with Crippen LogP contribution in [0, 0.1) is 6.92 Å². The van der Waals surface area contributed by atoms with Gasteiger partial charge in [0.1, 0.15) is 12.4 Å². The van der Waals surface area contributed by atoms with Gasteiger partial charge in [-0.25, -0.2) is 9.78 Å². The molecule has 1 saturated carbocycles. The molecule has 0 atom stereocenters. The molecule has 1 N–H and O–H groups in total. The molecule has 1 heterocycles. The molecule has 0 radical (unpaired) electrons. The van der Waals surface area contributed by atoms with Crippen LogP contribution < -0.4 is 4.74 Å². The minimum absolute atomic E-state index is 0.275. The van der Waals surface area contributed by atoms with Gasteiger partial charge in [-0.3, -0.25) is 0 Å². The maximum Gasteiger partial charge on any atom is 0.335 e. The number of carboxylic acids is 1. The fourth-order valence-corrected chi connectivity index (χ4v) is 4.86. The van der Waals surface area contributed by atoms with Gasteiger partial charge in [0.25, 0.3) is 0 Å². The molecule has 3 aromatic rings. The Hall–Kier alpha value is -2.66. The largest absolute Gasteiger partial charge is 0.488 e. The van der Waals surface area contributed by atoms with Crippen molar-refractivity contribution in [2.24, 2.45) is 0 Å². The summed E-state index contributed by atoms with van der Waals surface area (Å²) >= 11 is 1.61. The Morgan fingerprint density at radius 3 is 2.41 bits per heavy atom. The number of aromatic carboxylic acids is 1. The number of aryl methyl sites for hydroxylation is 1. The van der Waals surface area contributed by atoms with Crippen LogP contribution in [0.2, 0.25) is 0 Å². The van der Waals surface area contributed by atoms with Gasteiger partial charge in [-0.05, 0) is 55.5 Å². The molecule has 1 aliphatic rings. The summed E-state index contributed by atoms with van der Waals surface area (Å²) in [6, 6.07) is 15.4. The summed E-state index contributed by atoms with van der Waals surface area (Å²) in [6.45, 7) is 2.42. The Morgan fingerprint density at radius 1 is 1.07 bits per heavy atom. The van der Waals surface area contributed by atoms with Gasteiger partial charge in [-0.1, -0.05) is 43.5 Å². The van der Waals surface area contributed by atoms with Crippen molar-refractivity contribution in [2.45, 2.75) is 51.6 Å². The van der Waals surface area contributed by atoms with Gasteiger partial charge in [-0.2, -0.15) is 0 Å². The van der Waals surface area contributed by atoms with Crippen LogP contribution in [0.25, 0.3) is 11.3 Å². The molecule has 0 bridgehead atoms. The first-order valence-electron chi connectivity index (χ1n) is 10.1. The number of hydrogen-bond acceptors (Lipinski definition) is 4. The third-order valence-corrected chi connectivity index (χ3v) is 6.48. The molecule has 4 nitrogen and oxygen atoms in total. The molecular weight excluding hydrogens is 382 g/mol. The fraction of sp³-hybridized carbons (Fsp3) is 0.333. The Morgan fingerprint density at radius 2 is 1.76 bits per heavy atom. The molecule has 29 heavy (non-hydrogen) atoms. The van der Waals surface area contributed by atoms with Crippen LogP contribution in [0.5, 0.6) is 5.75 Å². The van der Waals surface area contributed by atoms with Gasteiger partial charge >= 0.3 is 5.97 Å². The topological polar surface area (TPSA) is 59.4 Å². The van der Waals surface area contributed by atoms with E-state index in [1.165, 1.54) is 37.7 Å². The summed E-state index contributed by atoms with van der Waals surface area (Å²) < 4.78 is 6.05. The first kappa shape index (κ1) is 19.6. The zero-order chi connectivity index (χ0) is 20.2. The first-order valence-corrected chi connectivity index (χ1v) is 10.9. The Labute approximate surface area is 175 Å². The maximum absolute atomic E-state index is 11.1. The highest BCUT2D eigenvalue weighted by molar-refractivity contribution is 7.12. The average Bonchev–Trinajstić information content (AvgIpc) is 3.14. The van der Waals surface area contributed by atoms with Gasteiger partial charge in [0, 0.05) is 5.56 Å². The maximum atomic E-state index is 11.1. The minimum Gasteiger partial charge on any atom is -0.488 e. The number of rotatable bonds is 6. The van der Waals surface area contributed by atoms with Gasteiger partial charge in [0.2, 0.25) is 0 Å². The zero-order valence-electron chi connectivity index (χ0n) is 16.6. The molecule has 4 rings (SSSR count). The van der Waals surface area contributed by atoms with E-state index >= 15 is 0 Å². The van der Waals surface area contributed by atoms with E-state index < -0.39 is 5.97 Å². The molecule has 1 aliphatic carbocycles. The van der Waals surface area contributed by atoms with E-state index in [0.29, 0.717) is 12.5 Å². The highest BCUT2D eigenvalue weighted by Crippen LogP contribution is 2.34. The number of carbonyl (C=O) groups is 1. The van der Waals surface area contributed by atoms with Crippen molar-refractivity contribution in [2.75, 3.05) is 0 Å². The number of aromatic nitrogens is 1. The lowest BCUT2D eigenvalue weighted by Crippen LogP contribution is -2.04. The smallest absolute Gasteiger partial charge is 0.335 e. The van der Waals surface area contributed by atoms with E-state index in [0.717, 1.165) is 26.9 Å². The van der Waals surface area contributed by atoms with Crippen molar-refractivity contribution in [1.82, 2.24) is 4.98 Å². The SMILES string of the molecule is Cc1nc(-c2ccc(C(=O)O)cc2)c(COc2ccc(C3CCCCC3)cc2)s1. The van der Waals surface area contributed by atoms with Crippen molar-refractivity contribution < 1.29 is 14.6 Å².